The van der Waals surface area contributed by atoms with Crippen molar-refractivity contribution in [2.75, 3.05) is 25.1 Å². The predicted molar refractivity (Wildman–Crippen MR) is 98.9 cm³/mol. The number of carbonyl (C=O) groups excluding carboxylic acids is 2. The van der Waals surface area contributed by atoms with Gasteiger partial charge >= 0.3 is 11.9 Å². The van der Waals surface area contributed by atoms with Crippen molar-refractivity contribution >= 4 is 17.5 Å². The number of carbonyl (C=O) groups is 2. The molecule has 2 aromatic rings. The third-order valence-corrected chi connectivity index (χ3v) is 4.80. The molecule has 1 fully saturated rings. The van der Waals surface area contributed by atoms with Crippen LogP contribution in [0.3, 0.4) is 0 Å². The molecular formula is C18H20F3N5O4. The van der Waals surface area contributed by atoms with Gasteiger partial charge in [0.05, 0.1) is 19.6 Å². The van der Waals surface area contributed by atoms with Crippen LogP contribution in [0.1, 0.15) is 12.2 Å². The zero-order valence-electron chi connectivity index (χ0n) is 16.3. The van der Waals surface area contributed by atoms with Crippen LogP contribution in [0.25, 0.3) is 0 Å². The molecule has 30 heavy (non-hydrogen) atoms. The van der Waals surface area contributed by atoms with E-state index in [1.165, 1.54) is 12.0 Å². The van der Waals surface area contributed by atoms with E-state index in [4.69, 9.17) is 4.74 Å². The monoisotopic (exact) mass is 427 g/mol. The number of anilines is 1. The fraction of sp³-hybridized carbons (Fsp3) is 0.444. The lowest BCUT2D eigenvalue weighted by atomic mass is 10.1. The number of ether oxygens (including phenoxy) is 1. The summed E-state index contributed by atoms with van der Waals surface area (Å²) in [5.74, 6) is -1.91. The third-order valence-electron chi connectivity index (χ3n) is 4.80. The molecule has 1 aromatic heterocycles. The molecule has 1 N–H and O–H groups in total. The molecule has 1 aliphatic rings. The number of halogens is 3. The number of hydrogen-bond donors (Lipinski definition) is 1. The lowest BCUT2D eigenvalue weighted by molar-refractivity contribution is -0.147. The van der Waals surface area contributed by atoms with Crippen molar-refractivity contribution in [3.05, 3.63) is 40.6 Å². The van der Waals surface area contributed by atoms with Crippen molar-refractivity contribution in [3.63, 3.8) is 0 Å². The van der Waals surface area contributed by atoms with Gasteiger partial charge in [0.1, 0.15) is 5.75 Å². The number of methoxy groups -OCH3 is 1. The van der Waals surface area contributed by atoms with E-state index in [2.05, 4.69) is 10.4 Å². The van der Waals surface area contributed by atoms with Crippen molar-refractivity contribution in [1.82, 2.24) is 19.7 Å². The molecule has 1 aromatic carbocycles. The van der Waals surface area contributed by atoms with Gasteiger partial charge in [-0.05, 0) is 24.3 Å². The van der Waals surface area contributed by atoms with Gasteiger partial charge < -0.3 is 15.0 Å². The molecule has 0 saturated carbocycles. The second-order valence-electron chi connectivity index (χ2n) is 6.78. The summed E-state index contributed by atoms with van der Waals surface area (Å²) in [6.45, 7) is -0.142. The minimum Gasteiger partial charge on any atom is -0.497 e. The van der Waals surface area contributed by atoms with E-state index in [0.29, 0.717) is 20.7 Å². The SMILES string of the molecule is COc1ccc(N2CC(C(=O)NCCn3nc(C(F)(F)F)n(C)c3=O)CC2=O)cc1. The Morgan fingerprint density at radius 2 is 1.93 bits per heavy atom. The topological polar surface area (TPSA) is 98.5 Å². The fourth-order valence-electron chi connectivity index (χ4n) is 3.20. The molecule has 0 aliphatic carbocycles. The van der Waals surface area contributed by atoms with Crippen LogP contribution in [-0.4, -0.2) is 46.4 Å². The van der Waals surface area contributed by atoms with E-state index < -0.39 is 29.5 Å². The van der Waals surface area contributed by atoms with E-state index in [-0.39, 0.29) is 32.0 Å². The molecule has 12 heteroatoms. The van der Waals surface area contributed by atoms with Crippen LogP contribution in [0.15, 0.2) is 29.1 Å². The van der Waals surface area contributed by atoms with Gasteiger partial charge in [-0.25, -0.2) is 9.48 Å². The highest BCUT2D eigenvalue weighted by Gasteiger charge is 2.38. The van der Waals surface area contributed by atoms with Crippen molar-refractivity contribution in [3.8, 4) is 5.75 Å². The van der Waals surface area contributed by atoms with Crippen LogP contribution in [-0.2, 0) is 29.4 Å². The Bertz CT molecular complexity index is 997. The highest BCUT2D eigenvalue weighted by molar-refractivity contribution is 6.00. The molecule has 2 amide bonds. The zero-order chi connectivity index (χ0) is 22.1. The molecule has 0 bridgehead atoms. The summed E-state index contributed by atoms with van der Waals surface area (Å²) in [6, 6.07) is 6.83. The average molecular weight is 427 g/mol. The summed E-state index contributed by atoms with van der Waals surface area (Å²) in [5.41, 5.74) is -0.297. The molecule has 9 nitrogen and oxygen atoms in total. The number of benzene rings is 1. The molecule has 1 unspecified atom stereocenters. The van der Waals surface area contributed by atoms with Crippen molar-refractivity contribution in [2.24, 2.45) is 13.0 Å². The standard InChI is InChI=1S/C18H20F3N5O4/c1-24-16(18(19,20)21)23-26(17(24)29)8-7-22-15(28)11-9-14(27)25(10-11)12-3-5-13(30-2)6-4-12/h3-6,11H,7-10H2,1-2H3,(H,22,28). The lowest BCUT2D eigenvalue weighted by Gasteiger charge is -2.17. The summed E-state index contributed by atoms with van der Waals surface area (Å²) < 4.78 is 44.5. The number of hydrogen-bond acceptors (Lipinski definition) is 5. The summed E-state index contributed by atoms with van der Waals surface area (Å²) in [4.78, 5) is 38.0. The molecule has 1 aliphatic heterocycles. The first kappa shape index (κ1) is 21.4. The predicted octanol–water partition coefficient (Wildman–Crippen LogP) is 0.778. The zero-order valence-corrected chi connectivity index (χ0v) is 16.3. The molecule has 0 spiro atoms. The van der Waals surface area contributed by atoms with Crippen molar-refractivity contribution in [2.45, 2.75) is 19.1 Å². The first-order valence-electron chi connectivity index (χ1n) is 9.05. The van der Waals surface area contributed by atoms with E-state index in [0.717, 1.165) is 7.05 Å². The summed E-state index contributed by atoms with van der Waals surface area (Å²) in [5, 5.41) is 5.82. The Kier molecular flexibility index (Phi) is 5.85. The molecule has 3 rings (SSSR count). The number of amides is 2. The van der Waals surface area contributed by atoms with Crippen LogP contribution in [0.2, 0.25) is 0 Å². The van der Waals surface area contributed by atoms with Gasteiger partial charge in [0.25, 0.3) is 0 Å². The summed E-state index contributed by atoms with van der Waals surface area (Å²) in [7, 11) is 2.50. The Balaban J connectivity index is 1.57. The number of rotatable bonds is 6. The molecule has 1 saturated heterocycles. The van der Waals surface area contributed by atoms with Gasteiger partial charge in [0, 0.05) is 32.2 Å². The van der Waals surface area contributed by atoms with E-state index >= 15 is 0 Å². The molecule has 1 atom stereocenters. The number of nitrogens with zero attached hydrogens (tertiary/aromatic N) is 4. The van der Waals surface area contributed by atoms with Gasteiger partial charge in [0.15, 0.2) is 0 Å². The first-order valence-corrected chi connectivity index (χ1v) is 9.05. The second kappa shape index (κ2) is 8.20. The fourth-order valence-corrected chi connectivity index (χ4v) is 3.20. The van der Waals surface area contributed by atoms with E-state index in [1.54, 1.807) is 24.3 Å². The number of nitrogens with one attached hydrogen (secondary N) is 1. The normalized spacial score (nSPS) is 16.8. The minimum atomic E-state index is -4.75. The Hall–Kier alpha value is -3.31. The Morgan fingerprint density at radius 3 is 2.50 bits per heavy atom. The van der Waals surface area contributed by atoms with Gasteiger partial charge in [-0.15, -0.1) is 5.10 Å². The summed E-state index contributed by atoms with van der Waals surface area (Å²) >= 11 is 0. The summed E-state index contributed by atoms with van der Waals surface area (Å²) in [6.07, 6.45) is -4.74. The van der Waals surface area contributed by atoms with Crippen LogP contribution in [0, 0.1) is 5.92 Å². The molecule has 0 radical (unpaired) electrons. The van der Waals surface area contributed by atoms with Gasteiger partial charge in [-0.1, -0.05) is 0 Å². The Labute approximate surface area is 169 Å². The highest BCUT2D eigenvalue weighted by atomic mass is 19.4. The first-order chi connectivity index (χ1) is 14.1. The van der Waals surface area contributed by atoms with Crippen molar-refractivity contribution < 1.29 is 27.5 Å². The maximum Gasteiger partial charge on any atom is 0.451 e. The quantitative estimate of drug-likeness (QED) is 0.735. The molecule has 162 valence electrons. The van der Waals surface area contributed by atoms with Gasteiger partial charge in [-0.2, -0.15) is 13.2 Å². The Morgan fingerprint density at radius 1 is 1.27 bits per heavy atom. The number of alkyl halides is 3. The maximum atomic E-state index is 12.8. The largest absolute Gasteiger partial charge is 0.497 e. The minimum absolute atomic E-state index is 0.0135. The second-order valence-corrected chi connectivity index (χ2v) is 6.78. The van der Waals surface area contributed by atoms with Crippen LogP contribution in [0.4, 0.5) is 18.9 Å². The third kappa shape index (κ3) is 4.31. The average Bonchev–Trinajstić information content (AvgIpc) is 3.23. The van der Waals surface area contributed by atoms with Gasteiger partial charge in [-0.3, -0.25) is 14.2 Å². The smallest absolute Gasteiger partial charge is 0.451 e. The van der Waals surface area contributed by atoms with Crippen LogP contribution >= 0.6 is 0 Å². The molecule has 2 heterocycles. The van der Waals surface area contributed by atoms with Crippen LogP contribution < -0.4 is 20.6 Å². The van der Waals surface area contributed by atoms with Gasteiger partial charge in [0.2, 0.25) is 17.6 Å². The maximum absolute atomic E-state index is 12.8. The van der Waals surface area contributed by atoms with E-state index in [1.807, 2.05) is 0 Å². The van der Waals surface area contributed by atoms with Crippen LogP contribution in [0.5, 0.6) is 5.75 Å². The highest BCUT2D eigenvalue weighted by Crippen LogP contribution is 2.27. The number of aromatic nitrogens is 3. The van der Waals surface area contributed by atoms with Crippen molar-refractivity contribution in [1.29, 1.82) is 0 Å². The van der Waals surface area contributed by atoms with E-state index in [9.17, 15) is 27.6 Å². The lowest BCUT2D eigenvalue weighted by Crippen LogP contribution is -2.36. The molecular weight excluding hydrogens is 407 g/mol.